The smallest absolute Gasteiger partial charge is 0.323 e. The van der Waals surface area contributed by atoms with Gasteiger partial charge in [0.15, 0.2) is 0 Å². The van der Waals surface area contributed by atoms with Crippen molar-refractivity contribution < 1.29 is 24.6 Å². The summed E-state index contributed by atoms with van der Waals surface area (Å²) in [7, 11) is 0. The van der Waals surface area contributed by atoms with Crippen LogP contribution in [-0.2, 0) is 9.59 Å². The van der Waals surface area contributed by atoms with Crippen molar-refractivity contribution in [3.8, 4) is 0 Å². The second kappa shape index (κ2) is 8.49. The maximum atomic E-state index is 11.8. The van der Waals surface area contributed by atoms with Gasteiger partial charge in [-0.15, -0.1) is 0 Å². The number of nitrogens with one attached hydrogen (secondary N) is 1. The SMILES string of the molecule is CC1CCC(CCNC(=O)N(CC(=O)O)CC(=O)O)CC1. The number of aliphatic carboxylic acids is 2. The number of carboxylic acid groups (broad SMARTS) is 2. The van der Waals surface area contributed by atoms with Crippen molar-refractivity contribution in [2.45, 2.75) is 39.0 Å². The molecule has 0 saturated heterocycles. The summed E-state index contributed by atoms with van der Waals surface area (Å²) in [5.74, 6) is -1.09. The van der Waals surface area contributed by atoms with Crippen molar-refractivity contribution in [2.24, 2.45) is 11.8 Å². The maximum Gasteiger partial charge on any atom is 0.323 e. The van der Waals surface area contributed by atoms with Crippen molar-refractivity contribution in [3.05, 3.63) is 0 Å². The molecule has 0 aromatic heterocycles. The monoisotopic (exact) mass is 300 g/mol. The van der Waals surface area contributed by atoms with Crippen LogP contribution in [0.4, 0.5) is 4.79 Å². The highest BCUT2D eigenvalue weighted by atomic mass is 16.4. The number of nitrogens with zero attached hydrogens (tertiary/aromatic N) is 1. The van der Waals surface area contributed by atoms with Gasteiger partial charge in [0.25, 0.3) is 0 Å². The topological polar surface area (TPSA) is 107 Å². The van der Waals surface area contributed by atoms with Crippen molar-refractivity contribution in [1.82, 2.24) is 10.2 Å². The van der Waals surface area contributed by atoms with E-state index in [1.807, 2.05) is 0 Å². The van der Waals surface area contributed by atoms with E-state index < -0.39 is 31.1 Å². The van der Waals surface area contributed by atoms with Crippen LogP contribution in [0.15, 0.2) is 0 Å². The van der Waals surface area contributed by atoms with Crippen LogP contribution < -0.4 is 5.32 Å². The van der Waals surface area contributed by atoms with E-state index in [9.17, 15) is 14.4 Å². The Bertz CT molecular complexity index is 362. The molecule has 3 N–H and O–H groups in total. The predicted molar refractivity (Wildman–Crippen MR) is 76.0 cm³/mol. The van der Waals surface area contributed by atoms with E-state index in [2.05, 4.69) is 12.2 Å². The largest absolute Gasteiger partial charge is 0.480 e. The van der Waals surface area contributed by atoms with E-state index in [0.29, 0.717) is 12.5 Å². The van der Waals surface area contributed by atoms with Gasteiger partial charge in [-0.05, 0) is 18.3 Å². The van der Waals surface area contributed by atoms with E-state index in [0.717, 1.165) is 30.1 Å². The van der Waals surface area contributed by atoms with Gasteiger partial charge in [-0.1, -0.05) is 32.6 Å². The molecule has 0 radical (unpaired) electrons. The molecule has 0 atom stereocenters. The molecule has 0 heterocycles. The lowest BCUT2D eigenvalue weighted by molar-refractivity contribution is -0.140. The fraction of sp³-hybridized carbons (Fsp3) is 0.786. The Morgan fingerprint density at radius 1 is 1.05 bits per heavy atom. The Kier molecular flexibility index (Phi) is 6.98. The van der Waals surface area contributed by atoms with Gasteiger partial charge in [0.2, 0.25) is 0 Å². The Morgan fingerprint density at radius 2 is 1.57 bits per heavy atom. The third-order valence-corrected chi connectivity index (χ3v) is 3.90. The summed E-state index contributed by atoms with van der Waals surface area (Å²) in [6.45, 7) is 1.47. The highest BCUT2D eigenvalue weighted by Crippen LogP contribution is 2.29. The molecule has 7 heteroatoms. The summed E-state index contributed by atoms with van der Waals surface area (Å²) < 4.78 is 0. The number of carbonyl (C=O) groups excluding carboxylic acids is 1. The van der Waals surface area contributed by atoms with Gasteiger partial charge in [-0.3, -0.25) is 9.59 Å². The van der Waals surface area contributed by atoms with Gasteiger partial charge in [0.05, 0.1) is 0 Å². The van der Waals surface area contributed by atoms with Gasteiger partial charge < -0.3 is 20.4 Å². The molecule has 2 amide bonds. The molecule has 0 aromatic carbocycles. The van der Waals surface area contributed by atoms with Crippen molar-refractivity contribution in [1.29, 1.82) is 0 Å². The predicted octanol–water partition coefficient (Wildman–Crippen LogP) is 1.38. The number of rotatable bonds is 7. The molecule has 0 spiro atoms. The number of hydrogen-bond donors (Lipinski definition) is 3. The van der Waals surface area contributed by atoms with Gasteiger partial charge in [-0.25, -0.2) is 4.79 Å². The van der Waals surface area contributed by atoms with E-state index >= 15 is 0 Å². The molecule has 0 bridgehead atoms. The van der Waals surface area contributed by atoms with E-state index in [-0.39, 0.29) is 0 Å². The molecule has 7 nitrogen and oxygen atoms in total. The number of carboxylic acids is 2. The third kappa shape index (κ3) is 6.97. The minimum atomic E-state index is -1.23. The van der Waals surface area contributed by atoms with Crippen LogP contribution in [-0.4, -0.2) is 52.7 Å². The highest BCUT2D eigenvalue weighted by molar-refractivity contribution is 5.84. The van der Waals surface area contributed by atoms with Crippen LogP contribution in [0.2, 0.25) is 0 Å². The lowest BCUT2D eigenvalue weighted by Crippen LogP contribution is -2.45. The summed E-state index contributed by atoms with van der Waals surface area (Å²) >= 11 is 0. The first-order valence-corrected chi connectivity index (χ1v) is 7.34. The number of carbonyl (C=O) groups is 3. The summed E-state index contributed by atoms with van der Waals surface area (Å²) in [5, 5.41) is 20.0. The van der Waals surface area contributed by atoms with Crippen LogP contribution in [0.25, 0.3) is 0 Å². The fourth-order valence-electron chi connectivity index (χ4n) is 2.64. The van der Waals surface area contributed by atoms with Crippen molar-refractivity contribution >= 4 is 18.0 Å². The number of amides is 2. The van der Waals surface area contributed by atoms with Crippen LogP contribution >= 0.6 is 0 Å². The third-order valence-electron chi connectivity index (χ3n) is 3.90. The molecule has 1 aliphatic carbocycles. The van der Waals surface area contributed by atoms with Crippen LogP contribution in [0.5, 0.6) is 0 Å². The standard InChI is InChI=1S/C14H24N2O5/c1-10-2-4-11(5-3-10)6-7-15-14(21)16(8-12(17)18)9-13(19)20/h10-11H,2-9H2,1H3,(H,15,21)(H,17,18)(H,19,20). The van der Waals surface area contributed by atoms with E-state index in [1.165, 1.54) is 12.8 Å². The molecule has 1 fully saturated rings. The second-order valence-corrected chi connectivity index (χ2v) is 5.79. The minimum absolute atomic E-state index is 0.452. The second-order valence-electron chi connectivity index (χ2n) is 5.79. The Morgan fingerprint density at radius 3 is 2.05 bits per heavy atom. The minimum Gasteiger partial charge on any atom is -0.480 e. The zero-order chi connectivity index (χ0) is 15.8. The Hall–Kier alpha value is -1.79. The van der Waals surface area contributed by atoms with Crippen LogP contribution in [0.1, 0.15) is 39.0 Å². The normalized spacial score (nSPS) is 21.6. The van der Waals surface area contributed by atoms with Crippen molar-refractivity contribution in [3.63, 3.8) is 0 Å². The summed E-state index contributed by atoms with van der Waals surface area (Å²) in [4.78, 5) is 33.8. The van der Waals surface area contributed by atoms with Gasteiger partial charge >= 0.3 is 18.0 Å². The Balaban J connectivity index is 2.32. The quantitative estimate of drug-likeness (QED) is 0.658. The summed E-state index contributed by atoms with van der Waals surface area (Å²) in [5.41, 5.74) is 0. The molecule has 0 aliphatic heterocycles. The lowest BCUT2D eigenvalue weighted by Gasteiger charge is -2.26. The molecule has 21 heavy (non-hydrogen) atoms. The molecule has 1 saturated carbocycles. The molecule has 1 aliphatic rings. The first-order valence-electron chi connectivity index (χ1n) is 7.34. The first-order chi connectivity index (χ1) is 9.88. The van der Waals surface area contributed by atoms with E-state index in [4.69, 9.17) is 10.2 Å². The number of urea groups is 1. The molecular weight excluding hydrogens is 276 g/mol. The van der Waals surface area contributed by atoms with Gasteiger partial charge in [-0.2, -0.15) is 0 Å². The summed E-state index contributed by atoms with van der Waals surface area (Å²) in [6, 6.07) is -0.635. The first kappa shape index (κ1) is 17.3. The highest BCUT2D eigenvalue weighted by Gasteiger charge is 2.21. The maximum absolute atomic E-state index is 11.8. The summed E-state index contributed by atoms with van der Waals surface area (Å²) in [6.07, 6.45) is 5.59. The van der Waals surface area contributed by atoms with E-state index in [1.54, 1.807) is 0 Å². The van der Waals surface area contributed by atoms with Crippen molar-refractivity contribution in [2.75, 3.05) is 19.6 Å². The molecule has 1 rings (SSSR count). The van der Waals surface area contributed by atoms with Gasteiger partial charge in [0, 0.05) is 6.54 Å². The lowest BCUT2D eigenvalue weighted by atomic mass is 9.81. The van der Waals surface area contributed by atoms with Crippen LogP contribution in [0, 0.1) is 11.8 Å². The van der Waals surface area contributed by atoms with Crippen LogP contribution in [0.3, 0.4) is 0 Å². The fourth-order valence-corrected chi connectivity index (χ4v) is 2.64. The zero-order valence-electron chi connectivity index (χ0n) is 12.4. The Labute approximate surface area is 124 Å². The molecular formula is C14H24N2O5. The average molecular weight is 300 g/mol. The molecule has 0 aromatic rings. The zero-order valence-corrected chi connectivity index (χ0v) is 12.4. The number of hydrogen-bond acceptors (Lipinski definition) is 3. The average Bonchev–Trinajstić information content (AvgIpc) is 2.39. The molecule has 120 valence electrons. The molecule has 0 unspecified atom stereocenters. The van der Waals surface area contributed by atoms with Gasteiger partial charge in [0.1, 0.15) is 13.1 Å².